The first-order valence-electron chi connectivity index (χ1n) is 5.66. The normalized spacial score (nSPS) is 20.1. The van der Waals surface area contributed by atoms with Gasteiger partial charge in [-0.3, -0.25) is 9.89 Å². The molecule has 0 spiro atoms. The van der Waals surface area contributed by atoms with Crippen LogP contribution in [0.5, 0.6) is 0 Å². The summed E-state index contributed by atoms with van der Waals surface area (Å²) in [6.45, 7) is 3.15. The Labute approximate surface area is 98.1 Å². The number of nitrogens with one attached hydrogen (secondary N) is 1. The standard InChI is InChI=1S/C11H13N5O/c1-7(17)16-5-2-8(6-16)9-10-11(15-14-9)13-4-3-12-10/h3-4,8H,2,5-6H2,1H3,(H,13,14,15). The van der Waals surface area contributed by atoms with Crippen molar-refractivity contribution in [1.82, 2.24) is 25.1 Å². The summed E-state index contributed by atoms with van der Waals surface area (Å²) < 4.78 is 0. The highest BCUT2D eigenvalue weighted by atomic mass is 16.2. The minimum absolute atomic E-state index is 0.127. The summed E-state index contributed by atoms with van der Waals surface area (Å²) in [6.07, 6.45) is 4.25. The van der Waals surface area contributed by atoms with Crippen LogP contribution in [0.2, 0.25) is 0 Å². The van der Waals surface area contributed by atoms with Crippen LogP contribution in [-0.4, -0.2) is 44.1 Å². The molecule has 1 saturated heterocycles. The van der Waals surface area contributed by atoms with Crippen molar-refractivity contribution in [3.05, 3.63) is 18.1 Å². The quantitative estimate of drug-likeness (QED) is 0.783. The Morgan fingerprint density at radius 1 is 1.47 bits per heavy atom. The minimum Gasteiger partial charge on any atom is -0.342 e. The monoisotopic (exact) mass is 231 g/mol. The van der Waals surface area contributed by atoms with Gasteiger partial charge in [-0.2, -0.15) is 5.10 Å². The molecule has 1 unspecified atom stereocenters. The van der Waals surface area contributed by atoms with Crippen LogP contribution in [0, 0.1) is 0 Å². The fourth-order valence-electron chi connectivity index (χ4n) is 2.34. The van der Waals surface area contributed by atoms with E-state index >= 15 is 0 Å². The number of fused-ring (bicyclic) bond motifs is 1. The van der Waals surface area contributed by atoms with Gasteiger partial charge in [-0.15, -0.1) is 0 Å². The second-order valence-corrected chi connectivity index (χ2v) is 4.32. The lowest BCUT2D eigenvalue weighted by Crippen LogP contribution is -2.25. The molecule has 3 rings (SSSR count). The summed E-state index contributed by atoms with van der Waals surface area (Å²) in [5, 5.41) is 7.13. The van der Waals surface area contributed by atoms with Crippen molar-refractivity contribution >= 4 is 17.1 Å². The third kappa shape index (κ3) is 1.65. The van der Waals surface area contributed by atoms with Gasteiger partial charge in [-0.25, -0.2) is 9.97 Å². The number of aromatic amines is 1. The molecular weight excluding hydrogens is 218 g/mol. The number of likely N-dealkylation sites (tertiary alicyclic amines) is 1. The molecule has 3 heterocycles. The molecule has 6 nitrogen and oxygen atoms in total. The van der Waals surface area contributed by atoms with Crippen LogP contribution in [0.25, 0.3) is 11.2 Å². The average molecular weight is 231 g/mol. The average Bonchev–Trinajstić information content (AvgIpc) is 2.95. The van der Waals surface area contributed by atoms with E-state index in [1.165, 1.54) is 0 Å². The van der Waals surface area contributed by atoms with Gasteiger partial charge in [0.15, 0.2) is 5.65 Å². The van der Waals surface area contributed by atoms with E-state index in [4.69, 9.17) is 0 Å². The van der Waals surface area contributed by atoms with Crippen LogP contribution in [0.4, 0.5) is 0 Å². The van der Waals surface area contributed by atoms with E-state index in [0.717, 1.165) is 30.7 Å². The number of H-pyrrole nitrogens is 1. The zero-order valence-electron chi connectivity index (χ0n) is 9.55. The molecule has 88 valence electrons. The zero-order chi connectivity index (χ0) is 11.8. The number of hydrogen-bond donors (Lipinski definition) is 1. The lowest BCUT2D eigenvalue weighted by molar-refractivity contribution is -0.127. The highest BCUT2D eigenvalue weighted by Gasteiger charge is 2.28. The third-order valence-electron chi connectivity index (χ3n) is 3.26. The molecule has 0 aliphatic carbocycles. The lowest BCUT2D eigenvalue weighted by atomic mass is 10.0. The molecule has 17 heavy (non-hydrogen) atoms. The molecule has 0 saturated carbocycles. The number of aromatic nitrogens is 4. The van der Waals surface area contributed by atoms with Crippen molar-refractivity contribution in [2.75, 3.05) is 13.1 Å². The molecule has 0 radical (unpaired) electrons. The van der Waals surface area contributed by atoms with Gasteiger partial charge in [0.25, 0.3) is 0 Å². The molecule has 0 bridgehead atoms. The summed E-state index contributed by atoms with van der Waals surface area (Å²) in [5.74, 6) is 0.419. The Hall–Kier alpha value is -1.98. The van der Waals surface area contributed by atoms with E-state index in [9.17, 15) is 4.79 Å². The Balaban J connectivity index is 1.93. The van der Waals surface area contributed by atoms with Gasteiger partial charge in [-0.05, 0) is 6.42 Å². The Morgan fingerprint density at radius 2 is 2.29 bits per heavy atom. The minimum atomic E-state index is 0.127. The Bertz CT molecular complexity index is 564. The fraction of sp³-hybridized carbons (Fsp3) is 0.455. The predicted molar refractivity (Wildman–Crippen MR) is 61.3 cm³/mol. The first kappa shape index (κ1) is 10.2. The van der Waals surface area contributed by atoms with E-state index in [1.54, 1.807) is 19.3 Å². The van der Waals surface area contributed by atoms with Crippen molar-refractivity contribution in [2.24, 2.45) is 0 Å². The molecule has 1 aliphatic rings. The van der Waals surface area contributed by atoms with Crippen molar-refractivity contribution in [3.8, 4) is 0 Å². The number of carbonyl (C=O) groups excluding carboxylic acids is 1. The fourth-order valence-corrected chi connectivity index (χ4v) is 2.34. The summed E-state index contributed by atoms with van der Waals surface area (Å²) in [5.41, 5.74) is 2.46. The summed E-state index contributed by atoms with van der Waals surface area (Å²) in [4.78, 5) is 21.6. The van der Waals surface area contributed by atoms with Crippen LogP contribution in [-0.2, 0) is 4.79 Å². The number of carbonyl (C=O) groups is 1. The van der Waals surface area contributed by atoms with E-state index in [1.807, 2.05) is 4.90 Å². The van der Waals surface area contributed by atoms with Crippen LogP contribution in [0.15, 0.2) is 12.4 Å². The van der Waals surface area contributed by atoms with E-state index < -0.39 is 0 Å². The topological polar surface area (TPSA) is 74.8 Å². The summed E-state index contributed by atoms with van der Waals surface area (Å²) in [7, 11) is 0. The molecule has 0 aromatic carbocycles. The summed E-state index contributed by atoms with van der Waals surface area (Å²) in [6, 6.07) is 0. The second kappa shape index (κ2) is 3.80. The summed E-state index contributed by atoms with van der Waals surface area (Å²) >= 11 is 0. The van der Waals surface area contributed by atoms with E-state index in [0.29, 0.717) is 11.6 Å². The highest BCUT2D eigenvalue weighted by molar-refractivity contribution is 5.75. The van der Waals surface area contributed by atoms with E-state index in [-0.39, 0.29) is 5.91 Å². The van der Waals surface area contributed by atoms with Gasteiger partial charge in [-0.1, -0.05) is 0 Å². The Morgan fingerprint density at radius 3 is 3.06 bits per heavy atom. The molecule has 6 heteroatoms. The molecule has 1 fully saturated rings. The SMILES string of the molecule is CC(=O)N1CCC(c2[nH]nc3nccnc23)C1. The second-order valence-electron chi connectivity index (χ2n) is 4.32. The van der Waals surface area contributed by atoms with Crippen molar-refractivity contribution < 1.29 is 4.79 Å². The zero-order valence-corrected chi connectivity index (χ0v) is 9.55. The van der Waals surface area contributed by atoms with Crippen LogP contribution < -0.4 is 0 Å². The predicted octanol–water partition coefficient (Wildman–Crippen LogP) is 0.689. The first-order chi connectivity index (χ1) is 8.25. The van der Waals surface area contributed by atoms with Crippen LogP contribution in [0.1, 0.15) is 25.0 Å². The van der Waals surface area contributed by atoms with Gasteiger partial charge in [0.1, 0.15) is 5.52 Å². The van der Waals surface area contributed by atoms with Gasteiger partial charge in [0, 0.05) is 38.3 Å². The van der Waals surface area contributed by atoms with Gasteiger partial charge >= 0.3 is 0 Å². The molecule has 1 N–H and O–H groups in total. The molecule has 1 atom stereocenters. The van der Waals surface area contributed by atoms with E-state index in [2.05, 4.69) is 20.2 Å². The molecule has 1 amide bonds. The number of rotatable bonds is 1. The van der Waals surface area contributed by atoms with Crippen molar-refractivity contribution in [2.45, 2.75) is 19.3 Å². The number of nitrogens with zero attached hydrogens (tertiary/aromatic N) is 4. The number of amides is 1. The third-order valence-corrected chi connectivity index (χ3v) is 3.26. The smallest absolute Gasteiger partial charge is 0.219 e. The van der Waals surface area contributed by atoms with Crippen LogP contribution >= 0.6 is 0 Å². The van der Waals surface area contributed by atoms with Crippen molar-refractivity contribution in [3.63, 3.8) is 0 Å². The molecular formula is C11H13N5O. The van der Waals surface area contributed by atoms with Gasteiger partial charge in [0.2, 0.25) is 5.91 Å². The lowest BCUT2D eigenvalue weighted by Gasteiger charge is -2.12. The van der Waals surface area contributed by atoms with Crippen LogP contribution in [0.3, 0.4) is 0 Å². The Kier molecular flexibility index (Phi) is 2.28. The molecule has 2 aromatic heterocycles. The largest absolute Gasteiger partial charge is 0.342 e. The maximum absolute atomic E-state index is 11.3. The first-order valence-corrected chi connectivity index (χ1v) is 5.66. The highest BCUT2D eigenvalue weighted by Crippen LogP contribution is 2.29. The number of hydrogen-bond acceptors (Lipinski definition) is 4. The van der Waals surface area contributed by atoms with Crippen molar-refractivity contribution in [1.29, 1.82) is 0 Å². The van der Waals surface area contributed by atoms with Gasteiger partial charge < -0.3 is 4.90 Å². The van der Waals surface area contributed by atoms with Gasteiger partial charge in [0.05, 0.1) is 5.69 Å². The molecule has 1 aliphatic heterocycles. The maximum Gasteiger partial charge on any atom is 0.219 e. The molecule has 2 aromatic rings. The maximum atomic E-state index is 11.3.